The molecule has 2 aliphatic rings. The van der Waals surface area contributed by atoms with Crippen molar-refractivity contribution in [3.63, 3.8) is 0 Å². The van der Waals surface area contributed by atoms with Crippen LogP contribution in [0.1, 0.15) is 55.4 Å². The Bertz CT molecular complexity index is 1310. The number of aromatic nitrogens is 2. The maximum absolute atomic E-state index is 13.3. The van der Waals surface area contributed by atoms with Crippen molar-refractivity contribution in [2.24, 2.45) is 0 Å². The number of hydrogen-bond donors (Lipinski definition) is 2. The molecule has 4 heterocycles. The second-order valence-electron chi connectivity index (χ2n) is 8.45. The van der Waals surface area contributed by atoms with Crippen LogP contribution in [0.3, 0.4) is 0 Å². The van der Waals surface area contributed by atoms with E-state index in [1.165, 1.54) is 0 Å². The minimum Gasteiger partial charge on any atom is -0.508 e. The summed E-state index contributed by atoms with van der Waals surface area (Å²) in [5.41, 5.74) is 3.44. The van der Waals surface area contributed by atoms with Crippen LogP contribution in [0.5, 0.6) is 5.75 Å². The number of aromatic hydroxyl groups is 1. The molecule has 30 heavy (non-hydrogen) atoms. The predicted molar refractivity (Wildman–Crippen MR) is 114 cm³/mol. The van der Waals surface area contributed by atoms with E-state index in [2.05, 4.69) is 6.58 Å². The molecule has 0 saturated heterocycles. The van der Waals surface area contributed by atoms with E-state index in [9.17, 15) is 15.0 Å². The van der Waals surface area contributed by atoms with Crippen molar-refractivity contribution >= 4 is 10.9 Å². The Morgan fingerprint density at radius 2 is 2.10 bits per heavy atom. The number of aliphatic hydroxyl groups is 1. The Morgan fingerprint density at radius 3 is 2.80 bits per heavy atom. The number of phenols is 1. The molecular weight excluding hydrogens is 380 g/mol. The average molecular weight is 404 g/mol. The lowest BCUT2D eigenvalue weighted by atomic mass is 9.84. The van der Waals surface area contributed by atoms with Crippen LogP contribution in [0.25, 0.3) is 22.3 Å². The van der Waals surface area contributed by atoms with Crippen LogP contribution in [0, 0.1) is 0 Å². The van der Waals surface area contributed by atoms with Gasteiger partial charge in [0.05, 0.1) is 29.0 Å². The van der Waals surface area contributed by atoms with Crippen LogP contribution in [0.15, 0.2) is 41.4 Å². The van der Waals surface area contributed by atoms with Gasteiger partial charge in [0.1, 0.15) is 23.7 Å². The maximum atomic E-state index is 13.3. The van der Waals surface area contributed by atoms with Crippen LogP contribution < -0.4 is 5.56 Å². The van der Waals surface area contributed by atoms with Crippen molar-refractivity contribution in [2.45, 2.75) is 51.9 Å². The van der Waals surface area contributed by atoms with E-state index in [4.69, 9.17) is 9.72 Å². The molecule has 0 amide bonds. The highest BCUT2D eigenvalue weighted by Gasteiger charge is 2.41. The van der Waals surface area contributed by atoms with Crippen LogP contribution in [0.2, 0.25) is 0 Å². The number of fused-ring (bicyclic) bond motifs is 5. The number of benzene rings is 1. The van der Waals surface area contributed by atoms with Crippen LogP contribution in [0.4, 0.5) is 0 Å². The Hall–Kier alpha value is -3.12. The van der Waals surface area contributed by atoms with E-state index in [0.717, 1.165) is 27.7 Å². The van der Waals surface area contributed by atoms with Crippen molar-refractivity contribution < 1.29 is 14.9 Å². The lowest BCUT2D eigenvalue weighted by molar-refractivity contribution is -0.0172. The van der Waals surface area contributed by atoms with Crippen molar-refractivity contribution in [3.8, 4) is 17.1 Å². The highest BCUT2D eigenvalue weighted by molar-refractivity contribution is 5.89. The third-order valence-corrected chi connectivity index (χ3v) is 6.45. The molecule has 3 aromatic rings. The quantitative estimate of drug-likeness (QED) is 0.529. The normalized spacial score (nSPS) is 19.6. The first-order valence-electron chi connectivity index (χ1n) is 10.2. The molecule has 0 fully saturated rings. The Labute approximate surface area is 174 Å². The summed E-state index contributed by atoms with van der Waals surface area (Å²) in [5.74, 6) is 0.657. The number of rotatable bonds is 2. The van der Waals surface area contributed by atoms with E-state index in [1.807, 2.05) is 32.9 Å². The summed E-state index contributed by atoms with van der Waals surface area (Å²) < 4.78 is 7.24. The van der Waals surface area contributed by atoms with Gasteiger partial charge in [-0.3, -0.25) is 4.79 Å². The molecule has 0 spiro atoms. The van der Waals surface area contributed by atoms with Crippen molar-refractivity contribution in [1.29, 1.82) is 0 Å². The summed E-state index contributed by atoms with van der Waals surface area (Å²) in [6.45, 7) is 10.3. The number of nitrogens with zero attached hydrogens (tertiary/aromatic N) is 2. The van der Waals surface area contributed by atoms with Crippen LogP contribution >= 0.6 is 0 Å². The fourth-order valence-electron chi connectivity index (χ4n) is 4.78. The summed E-state index contributed by atoms with van der Waals surface area (Å²) in [5, 5.41) is 22.4. The van der Waals surface area contributed by atoms with Gasteiger partial charge in [0, 0.05) is 22.1 Å². The van der Waals surface area contributed by atoms with E-state index >= 15 is 0 Å². The standard InChI is InChI=1S/C24H24N2O4/c1-5-24(29)13(4)30-11-16-17(24)9-19-22-14(10-26(19)23(16)28)8-15-18(25-22)6-7-20(27)21(15)12(2)3/h6-9,12,27,29H,4-5,10-11H2,1-3H3/t24-/m1/s1. The third kappa shape index (κ3) is 2.34. The molecule has 154 valence electrons. The third-order valence-electron chi connectivity index (χ3n) is 6.45. The lowest BCUT2D eigenvalue weighted by Crippen LogP contribution is -2.38. The van der Waals surface area contributed by atoms with E-state index in [-0.39, 0.29) is 29.6 Å². The van der Waals surface area contributed by atoms with Gasteiger partial charge in [0.15, 0.2) is 0 Å². The zero-order valence-electron chi connectivity index (χ0n) is 17.3. The van der Waals surface area contributed by atoms with E-state index in [1.54, 1.807) is 16.7 Å². The highest BCUT2D eigenvalue weighted by atomic mass is 16.5. The fourth-order valence-corrected chi connectivity index (χ4v) is 4.78. The van der Waals surface area contributed by atoms with Crippen molar-refractivity contribution in [2.75, 3.05) is 0 Å². The summed E-state index contributed by atoms with van der Waals surface area (Å²) >= 11 is 0. The molecule has 2 N–H and O–H groups in total. The molecule has 6 heteroatoms. The minimum absolute atomic E-state index is 0.104. The maximum Gasteiger partial charge on any atom is 0.258 e. The molecule has 1 aromatic carbocycles. The van der Waals surface area contributed by atoms with E-state index in [0.29, 0.717) is 29.8 Å². The van der Waals surface area contributed by atoms with Gasteiger partial charge in [-0.05, 0) is 36.6 Å². The molecule has 0 bridgehead atoms. The molecule has 0 saturated carbocycles. The number of pyridine rings is 2. The van der Waals surface area contributed by atoms with Gasteiger partial charge in [-0.15, -0.1) is 0 Å². The zero-order chi connectivity index (χ0) is 21.4. The van der Waals surface area contributed by atoms with E-state index < -0.39 is 5.60 Å². The monoisotopic (exact) mass is 404 g/mol. The summed E-state index contributed by atoms with van der Waals surface area (Å²) in [6, 6.07) is 7.36. The second kappa shape index (κ2) is 6.19. The molecular formula is C24H24N2O4. The van der Waals surface area contributed by atoms with Crippen LogP contribution in [-0.4, -0.2) is 19.8 Å². The largest absolute Gasteiger partial charge is 0.508 e. The van der Waals surface area contributed by atoms with Gasteiger partial charge in [-0.25, -0.2) is 4.98 Å². The Morgan fingerprint density at radius 1 is 1.33 bits per heavy atom. The molecule has 1 atom stereocenters. The molecule has 0 unspecified atom stereocenters. The van der Waals surface area contributed by atoms with Gasteiger partial charge < -0.3 is 19.5 Å². The second-order valence-corrected chi connectivity index (χ2v) is 8.45. The number of phenolic OH excluding ortho intramolecular Hbond substituents is 1. The smallest absolute Gasteiger partial charge is 0.258 e. The summed E-state index contributed by atoms with van der Waals surface area (Å²) in [4.78, 5) is 18.1. The lowest BCUT2D eigenvalue weighted by Gasteiger charge is -2.35. The average Bonchev–Trinajstić information content (AvgIpc) is 3.07. The van der Waals surface area contributed by atoms with Gasteiger partial charge in [0.25, 0.3) is 5.56 Å². The zero-order valence-corrected chi connectivity index (χ0v) is 17.3. The van der Waals surface area contributed by atoms with Crippen molar-refractivity contribution in [3.05, 3.63) is 69.2 Å². The molecule has 0 aliphatic carbocycles. The molecule has 0 radical (unpaired) electrons. The van der Waals surface area contributed by atoms with Crippen molar-refractivity contribution in [1.82, 2.24) is 9.55 Å². The molecule has 2 aliphatic heterocycles. The first-order valence-corrected chi connectivity index (χ1v) is 10.2. The predicted octanol–water partition coefficient (Wildman–Crippen LogP) is 3.90. The van der Waals surface area contributed by atoms with Gasteiger partial charge >= 0.3 is 0 Å². The first-order chi connectivity index (χ1) is 14.3. The fraction of sp³-hybridized carbons (Fsp3) is 0.333. The molecule has 2 aromatic heterocycles. The minimum atomic E-state index is -1.39. The van der Waals surface area contributed by atoms with Gasteiger partial charge in [0.2, 0.25) is 0 Å². The SMILES string of the molecule is C=C1OCc2c(cc3n(c2=O)Cc2cc4c(C(C)C)c(O)ccc4nc2-3)[C@@]1(O)CC. The molecule has 5 rings (SSSR count). The summed E-state index contributed by atoms with van der Waals surface area (Å²) in [7, 11) is 0. The number of ether oxygens (including phenoxy) is 1. The summed E-state index contributed by atoms with van der Waals surface area (Å²) in [6.07, 6.45) is 0.358. The molecule has 6 nitrogen and oxygen atoms in total. The Balaban J connectivity index is 1.79. The Kier molecular flexibility index (Phi) is 3.89. The van der Waals surface area contributed by atoms with Gasteiger partial charge in [-0.2, -0.15) is 0 Å². The van der Waals surface area contributed by atoms with Crippen LogP contribution in [-0.2, 0) is 23.5 Å². The highest BCUT2D eigenvalue weighted by Crippen LogP contribution is 2.42. The van der Waals surface area contributed by atoms with Gasteiger partial charge in [-0.1, -0.05) is 27.4 Å². The first kappa shape index (κ1) is 18.9. The topological polar surface area (TPSA) is 84.6 Å². The number of hydrogen-bond acceptors (Lipinski definition) is 5.